The second kappa shape index (κ2) is 8.76. The SMILES string of the molecule is CN(C)CCc1ccc(Nc2ncc3c(=O)n(C)n(-c4cccc(C(C)(C)O)n4)c3n2)cc1. The number of likely N-dealkylation sites (N-methyl/N-ethyl adjacent to an activating group) is 1. The van der Waals surface area contributed by atoms with Crippen molar-refractivity contribution < 1.29 is 5.11 Å². The van der Waals surface area contributed by atoms with Crippen molar-refractivity contribution in [1.29, 1.82) is 0 Å². The summed E-state index contributed by atoms with van der Waals surface area (Å²) >= 11 is 0. The third-order valence-corrected chi connectivity index (χ3v) is 5.43. The molecular weight excluding hydrogens is 418 g/mol. The fraction of sp³-hybridized carbons (Fsp3) is 0.333. The molecule has 0 saturated heterocycles. The number of hydrogen-bond donors (Lipinski definition) is 2. The largest absolute Gasteiger partial charge is 0.384 e. The molecule has 4 rings (SSSR count). The Morgan fingerprint density at radius 1 is 1.09 bits per heavy atom. The number of anilines is 2. The Bertz CT molecular complexity index is 1330. The maximum Gasteiger partial charge on any atom is 0.277 e. The van der Waals surface area contributed by atoms with Crippen LogP contribution in [-0.2, 0) is 19.1 Å². The molecule has 0 saturated carbocycles. The van der Waals surface area contributed by atoms with Gasteiger partial charge in [0.2, 0.25) is 5.95 Å². The van der Waals surface area contributed by atoms with Crippen LogP contribution in [0.25, 0.3) is 16.9 Å². The summed E-state index contributed by atoms with van der Waals surface area (Å²) in [5.74, 6) is 0.862. The van der Waals surface area contributed by atoms with Crippen LogP contribution in [0, 0.1) is 0 Å². The van der Waals surface area contributed by atoms with Crippen molar-refractivity contribution in [2.45, 2.75) is 25.9 Å². The van der Waals surface area contributed by atoms with Gasteiger partial charge in [0.05, 0.1) is 5.69 Å². The number of aromatic nitrogens is 5. The number of fused-ring (bicyclic) bond motifs is 1. The van der Waals surface area contributed by atoms with E-state index in [0.29, 0.717) is 28.5 Å². The van der Waals surface area contributed by atoms with Crippen molar-refractivity contribution in [1.82, 2.24) is 29.2 Å². The average Bonchev–Trinajstić information content (AvgIpc) is 3.02. The number of rotatable bonds is 7. The average molecular weight is 448 g/mol. The molecule has 0 atom stereocenters. The molecule has 1 aromatic carbocycles. The number of nitrogens with one attached hydrogen (secondary N) is 1. The third-order valence-electron chi connectivity index (χ3n) is 5.43. The van der Waals surface area contributed by atoms with Gasteiger partial charge in [-0.05, 0) is 64.2 Å². The summed E-state index contributed by atoms with van der Waals surface area (Å²) in [6.07, 6.45) is 2.50. The summed E-state index contributed by atoms with van der Waals surface area (Å²) in [4.78, 5) is 28.4. The summed E-state index contributed by atoms with van der Waals surface area (Å²) in [6.45, 7) is 4.32. The summed E-state index contributed by atoms with van der Waals surface area (Å²) in [7, 11) is 5.77. The lowest BCUT2D eigenvalue weighted by molar-refractivity contribution is 0.0738. The quantitative estimate of drug-likeness (QED) is 0.449. The van der Waals surface area contributed by atoms with Crippen LogP contribution in [0.2, 0.25) is 0 Å². The minimum atomic E-state index is -1.11. The predicted octanol–water partition coefficient (Wildman–Crippen LogP) is 2.59. The van der Waals surface area contributed by atoms with Gasteiger partial charge in [-0.1, -0.05) is 18.2 Å². The maximum absolute atomic E-state index is 12.8. The van der Waals surface area contributed by atoms with Gasteiger partial charge in [-0.3, -0.25) is 4.79 Å². The fourth-order valence-electron chi connectivity index (χ4n) is 3.53. The molecule has 0 aliphatic heterocycles. The van der Waals surface area contributed by atoms with Gasteiger partial charge in [0.1, 0.15) is 11.0 Å². The van der Waals surface area contributed by atoms with E-state index in [-0.39, 0.29) is 5.56 Å². The Kier molecular flexibility index (Phi) is 6.01. The number of nitrogens with zero attached hydrogens (tertiary/aromatic N) is 6. The molecule has 0 amide bonds. The van der Waals surface area contributed by atoms with Crippen LogP contribution in [0.1, 0.15) is 25.1 Å². The molecule has 0 fully saturated rings. The van der Waals surface area contributed by atoms with Crippen molar-refractivity contribution in [3.63, 3.8) is 0 Å². The first kappa shape index (κ1) is 22.6. The first-order valence-electron chi connectivity index (χ1n) is 10.8. The van der Waals surface area contributed by atoms with Crippen LogP contribution in [0.3, 0.4) is 0 Å². The van der Waals surface area contributed by atoms with Crippen LogP contribution in [0.15, 0.2) is 53.5 Å². The lowest BCUT2D eigenvalue weighted by atomic mass is 10.1. The minimum absolute atomic E-state index is 0.225. The summed E-state index contributed by atoms with van der Waals surface area (Å²) in [5.41, 5.74) is 1.70. The van der Waals surface area contributed by atoms with E-state index in [1.807, 2.05) is 12.1 Å². The number of hydrogen-bond acceptors (Lipinski definition) is 7. The van der Waals surface area contributed by atoms with E-state index < -0.39 is 5.60 Å². The van der Waals surface area contributed by atoms with Gasteiger partial charge in [0, 0.05) is 25.5 Å². The standard InChI is InChI=1S/C24H29N7O2/c1-24(2,33)19-7-6-8-20(27-19)31-21-18(22(32)30(31)5)15-25-23(28-21)26-17-11-9-16(10-12-17)13-14-29(3)4/h6-12,15,33H,13-14H2,1-5H3,(H,25,26,28). The zero-order valence-electron chi connectivity index (χ0n) is 19.6. The maximum atomic E-state index is 12.8. The highest BCUT2D eigenvalue weighted by atomic mass is 16.3. The molecule has 0 bridgehead atoms. The molecule has 9 heteroatoms. The van der Waals surface area contributed by atoms with E-state index in [1.54, 1.807) is 43.8 Å². The van der Waals surface area contributed by atoms with E-state index in [1.165, 1.54) is 16.4 Å². The molecule has 0 aliphatic rings. The molecule has 0 spiro atoms. The monoisotopic (exact) mass is 447 g/mol. The Balaban J connectivity index is 1.69. The Hall–Kier alpha value is -3.56. The van der Waals surface area contributed by atoms with E-state index in [9.17, 15) is 9.90 Å². The highest BCUT2D eigenvalue weighted by molar-refractivity contribution is 5.77. The Labute approximate surface area is 192 Å². The zero-order valence-corrected chi connectivity index (χ0v) is 19.6. The second-order valence-electron chi connectivity index (χ2n) is 8.89. The zero-order chi connectivity index (χ0) is 23.8. The molecule has 9 nitrogen and oxygen atoms in total. The van der Waals surface area contributed by atoms with Gasteiger partial charge >= 0.3 is 0 Å². The van der Waals surface area contributed by atoms with Crippen molar-refractivity contribution in [3.05, 3.63) is 70.3 Å². The number of aliphatic hydroxyl groups is 1. The summed E-state index contributed by atoms with van der Waals surface area (Å²) in [5, 5.41) is 14.0. The van der Waals surface area contributed by atoms with Crippen LogP contribution < -0.4 is 10.9 Å². The molecule has 3 aromatic heterocycles. The molecule has 2 N–H and O–H groups in total. The van der Waals surface area contributed by atoms with E-state index in [2.05, 4.69) is 51.4 Å². The van der Waals surface area contributed by atoms with Crippen LogP contribution in [0.4, 0.5) is 11.6 Å². The van der Waals surface area contributed by atoms with Gasteiger partial charge in [-0.2, -0.15) is 4.98 Å². The van der Waals surface area contributed by atoms with Gasteiger partial charge in [-0.25, -0.2) is 19.3 Å². The molecule has 0 radical (unpaired) electrons. The molecule has 172 valence electrons. The first-order valence-corrected chi connectivity index (χ1v) is 10.8. The van der Waals surface area contributed by atoms with Crippen molar-refractivity contribution in [2.75, 3.05) is 26.0 Å². The lowest BCUT2D eigenvalue weighted by Gasteiger charge is -2.18. The molecule has 33 heavy (non-hydrogen) atoms. The van der Waals surface area contributed by atoms with Gasteiger partial charge in [-0.15, -0.1) is 0 Å². The molecule has 0 aliphatic carbocycles. The Morgan fingerprint density at radius 3 is 2.48 bits per heavy atom. The normalized spacial score (nSPS) is 12.0. The van der Waals surface area contributed by atoms with Crippen molar-refractivity contribution in [3.8, 4) is 5.82 Å². The molecule has 4 aromatic rings. The minimum Gasteiger partial charge on any atom is -0.384 e. The summed E-state index contributed by atoms with van der Waals surface area (Å²) < 4.78 is 3.07. The van der Waals surface area contributed by atoms with Crippen LogP contribution >= 0.6 is 0 Å². The first-order chi connectivity index (χ1) is 15.6. The predicted molar refractivity (Wildman–Crippen MR) is 129 cm³/mol. The van der Waals surface area contributed by atoms with Gasteiger partial charge < -0.3 is 15.3 Å². The van der Waals surface area contributed by atoms with Crippen molar-refractivity contribution >= 4 is 22.7 Å². The topological polar surface area (TPSA) is 101 Å². The van der Waals surface area contributed by atoms with Crippen LogP contribution in [0.5, 0.6) is 0 Å². The Morgan fingerprint density at radius 2 is 1.82 bits per heavy atom. The van der Waals surface area contributed by atoms with Crippen molar-refractivity contribution in [2.24, 2.45) is 7.05 Å². The molecule has 3 heterocycles. The van der Waals surface area contributed by atoms with E-state index in [4.69, 9.17) is 0 Å². The van der Waals surface area contributed by atoms with E-state index in [0.717, 1.165) is 18.7 Å². The van der Waals surface area contributed by atoms with E-state index >= 15 is 0 Å². The fourth-order valence-corrected chi connectivity index (χ4v) is 3.53. The molecular formula is C24H29N7O2. The smallest absolute Gasteiger partial charge is 0.277 e. The van der Waals surface area contributed by atoms with Gasteiger partial charge in [0.15, 0.2) is 11.5 Å². The number of pyridine rings is 1. The van der Waals surface area contributed by atoms with Gasteiger partial charge in [0.25, 0.3) is 5.56 Å². The lowest BCUT2D eigenvalue weighted by Crippen LogP contribution is -2.21. The second-order valence-corrected chi connectivity index (χ2v) is 8.89. The third kappa shape index (κ3) is 4.79. The highest BCUT2D eigenvalue weighted by Gasteiger charge is 2.21. The number of benzene rings is 1. The summed E-state index contributed by atoms with van der Waals surface area (Å²) in [6, 6.07) is 13.5. The van der Waals surface area contributed by atoms with Crippen LogP contribution in [-0.4, -0.2) is 55.0 Å². The highest BCUT2D eigenvalue weighted by Crippen LogP contribution is 2.21. The molecule has 0 unspecified atom stereocenters.